The second-order valence-electron chi connectivity index (χ2n) is 5.13. The van der Waals surface area contributed by atoms with Crippen molar-refractivity contribution in [2.24, 2.45) is 0 Å². The van der Waals surface area contributed by atoms with E-state index in [9.17, 15) is 4.21 Å². The highest BCUT2D eigenvalue weighted by Gasteiger charge is 2.30. The minimum absolute atomic E-state index is 0.237. The molecule has 4 heteroatoms. The van der Waals surface area contributed by atoms with Crippen LogP contribution >= 0.6 is 11.6 Å². The Balaban J connectivity index is 2.08. The summed E-state index contributed by atoms with van der Waals surface area (Å²) in [5.41, 5.74) is 0. The Kier molecular flexibility index (Phi) is 5.86. The second kappa shape index (κ2) is 7.41. The summed E-state index contributed by atoms with van der Waals surface area (Å²) in [5, 5.41) is 4.50. The van der Waals surface area contributed by atoms with Crippen LogP contribution in [0.2, 0.25) is 5.02 Å². The van der Waals surface area contributed by atoms with Gasteiger partial charge in [0.15, 0.2) is 0 Å². The minimum Gasteiger partial charge on any atom is -0.313 e. The zero-order valence-corrected chi connectivity index (χ0v) is 13.0. The highest BCUT2D eigenvalue weighted by atomic mass is 35.5. The number of nitrogens with one attached hydrogen (secondary N) is 1. The van der Waals surface area contributed by atoms with E-state index in [1.807, 2.05) is 24.3 Å². The summed E-state index contributed by atoms with van der Waals surface area (Å²) in [6, 6.07) is 7.83. The average molecular weight is 300 g/mol. The van der Waals surface area contributed by atoms with Crippen LogP contribution in [0.1, 0.15) is 39.0 Å². The predicted molar refractivity (Wildman–Crippen MR) is 82.2 cm³/mol. The standard InChI is InChI=1S/C15H22ClNOS/c1-2-11-17-14-5-3-4-6-15(14)19(18)13-9-7-12(16)8-10-13/h7-10,14-15,17H,2-6,11H2,1H3. The summed E-state index contributed by atoms with van der Waals surface area (Å²) in [5.74, 6) is 0. The lowest BCUT2D eigenvalue weighted by molar-refractivity contribution is 0.379. The van der Waals surface area contributed by atoms with E-state index in [0.717, 1.165) is 30.7 Å². The van der Waals surface area contributed by atoms with Crippen molar-refractivity contribution in [3.05, 3.63) is 29.3 Å². The van der Waals surface area contributed by atoms with Crippen molar-refractivity contribution in [3.8, 4) is 0 Å². The van der Waals surface area contributed by atoms with Gasteiger partial charge in [0.1, 0.15) is 0 Å². The maximum absolute atomic E-state index is 12.7. The van der Waals surface area contributed by atoms with Gasteiger partial charge < -0.3 is 5.32 Å². The Morgan fingerprint density at radius 2 is 1.95 bits per heavy atom. The first kappa shape index (κ1) is 15.0. The van der Waals surface area contributed by atoms with Crippen LogP contribution in [0.15, 0.2) is 29.2 Å². The quantitative estimate of drug-likeness (QED) is 0.897. The monoisotopic (exact) mass is 299 g/mol. The van der Waals surface area contributed by atoms with Crippen molar-refractivity contribution in [2.75, 3.05) is 6.54 Å². The van der Waals surface area contributed by atoms with E-state index >= 15 is 0 Å². The van der Waals surface area contributed by atoms with Gasteiger partial charge in [-0.1, -0.05) is 31.4 Å². The second-order valence-corrected chi connectivity index (χ2v) is 7.24. The number of hydrogen-bond acceptors (Lipinski definition) is 2. The molecular weight excluding hydrogens is 278 g/mol. The van der Waals surface area contributed by atoms with Gasteiger partial charge in [0.2, 0.25) is 0 Å². The Labute approximate surface area is 123 Å². The molecule has 0 saturated heterocycles. The van der Waals surface area contributed by atoms with Crippen LogP contribution in [0.4, 0.5) is 0 Å². The zero-order valence-electron chi connectivity index (χ0n) is 11.4. The highest BCUT2D eigenvalue weighted by Crippen LogP contribution is 2.27. The first-order chi connectivity index (χ1) is 9.22. The maximum atomic E-state index is 12.7. The molecule has 0 bridgehead atoms. The third kappa shape index (κ3) is 4.04. The molecular formula is C15H22ClNOS. The SMILES string of the molecule is CCCNC1CCCCC1S(=O)c1ccc(Cl)cc1. The molecule has 19 heavy (non-hydrogen) atoms. The van der Waals surface area contributed by atoms with Gasteiger partial charge in [-0.15, -0.1) is 0 Å². The summed E-state index contributed by atoms with van der Waals surface area (Å²) in [6.45, 7) is 3.18. The van der Waals surface area contributed by atoms with E-state index in [4.69, 9.17) is 11.6 Å². The Morgan fingerprint density at radius 1 is 1.26 bits per heavy atom. The molecule has 1 aliphatic carbocycles. The van der Waals surface area contributed by atoms with Crippen LogP contribution < -0.4 is 5.32 Å². The normalized spacial score (nSPS) is 25.2. The molecule has 3 unspecified atom stereocenters. The van der Waals surface area contributed by atoms with Gasteiger partial charge in [0.05, 0.1) is 16.0 Å². The zero-order chi connectivity index (χ0) is 13.7. The molecule has 1 aliphatic rings. The van der Waals surface area contributed by atoms with Crippen molar-refractivity contribution >= 4 is 22.4 Å². The first-order valence-corrected chi connectivity index (χ1v) is 8.71. The lowest BCUT2D eigenvalue weighted by Gasteiger charge is -2.31. The molecule has 0 aromatic heterocycles. The van der Waals surface area contributed by atoms with Gasteiger partial charge in [0, 0.05) is 16.0 Å². The van der Waals surface area contributed by atoms with Crippen molar-refractivity contribution in [2.45, 2.75) is 55.2 Å². The molecule has 1 N–H and O–H groups in total. The fourth-order valence-electron chi connectivity index (χ4n) is 2.66. The molecule has 2 rings (SSSR count). The van der Waals surface area contributed by atoms with Gasteiger partial charge >= 0.3 is 0 Å². The van der Waals surface area contributed by atoms with Gasteiger partial charge in [-0.05, 0) is 50.1 Å². The van der Waals surface area contributed by atoms with Gasteiger partial charge in [-0.3, -0.25) is 4.21 Å². The van der Waals surface area contributed by atoms with Crippen LogP contribution in [0, 0.1) is 0 Å². The summed E-state index contributed by atoms with van der Waals surface area (Å²) in [6.07, 6.45) is 5.75. The van der Waals surface area contributed by atoms with Crippen molar-refractivity contribution < 1.29 is 4.21 Å². The molecule has 2 nitrogen and oxygen atoms in total. The number of benzene rings is 1. The average Bonchev–Trinajstić information content (AvgIpc) is 2.45. The Morgan fingerprint density at radius 3 is 2.63 bits per heavy atom. The van der Waals surface area contributed by atoms with Crippen LogP contribution in [0.5, 0.6) is 0 Å². The third-order valence-electron chi connectivity index (χ3n) is 3.68. The molecule has 3 atom stereocenters. The predicted octanol–water partition coefficient (Wildman–Crippen LogP) is 3.76. The summed E-state index contributed by atoms with van der Waals surface area (Å²) in [7, 11) is -0.933. The number of halogens is 1. The van der Waals surface area contributed by atoms with E-state index in [-0.39, 0.29) is 5.25 Å². The van der Waals surface area contributed by atoms with E-state index in [0.29, 0.717) is 11.1 Å². The third-order valence-corrected chi connectivity index (χ3v) is 5.78. The van der Waals surface area contributed by atoms with Gasteiger partial charge in [0.25, 0.3) is 0 Å². The molecule has 106 valence electrons. The van der Waals surface area contributed by atoms with Gasteiger partial charge in [-0.25, -0.2) is 0 Å². The minimum atomic E-state index is -0.933. The Hall–Kier alpha value is -0.380. The Bertz CT molecular complexity index is 421. The van der Waals surface area contributed by atoms with Crippen molar-refractivity contribution in [1.29, 1.82) is 0 Å². The highest BCUT2D eigenvalue weighted by molar-refractivity contribution is 7.85. The van der Waals surface area contributed by atoms with Crippen LogP contribution in [0.3, 0.4) is 0 Å². The fourth-order valence-corrected chi connectivity index (χ4v) is 4.45. The molecule has 1 fully saturated rings. The van der Waals surface area contributed by atoms with Crippen LogP contribution in [0.25, 0.3) is 0 Å². The molecule has 0 aliphatic heterocycles. The van der Waals surface area contributed by atoms with Crippen molar-refractivity contribution in [3.63, 3.8) is 0 Å². The fraction of sp³-hybridized carbons (Fsp3) is 0.600. The first-order valence-electron chi connectivity index (χ1n) is 7.12. The molecule has 1 saturated carbocycles. The molecule has 0 spiro atoms. The van der Waals surface area contributed by atoms with Gasteiger partial charge in [-0.2, -0.15) is 0 Å². The van der Waals surface area contributed by atoms with Crippen molar-refractivity contribution in [1.82, 2.24) is 5.32 Å². The summed E-state index contributed by atoms with van der Waals surface area (Å²) >= 11 is 5.89. The van der Waals surface area contributed by atoms with E-state index in [1.165, 1.54) is 12.8 Å². The maximum Gasteiger partial charge on any atom is 0.0576 e. The molecule has 0 amide bonds. The number of hydrogen-bond donors (Lipinski definition) is 1. The molecule has 1 aromatic rings. The van der Waals surface area contributed by atoms with Crippen LogP contribution in [-0.4, -0.2) is 22.0 Å². The summed E-state index contributed by atoms with van der Waals surface area (Å²) in [4.78, 5) is 0.902. The lowest BCUT2D eigenvalue weighted by Crippen LogP contribution is -2.44. The topological polar surface area (TPSA) is 29.1 Å². The molecule has 0 radical (unpaired) electrons. The smallest absolute Gasteiger partial charge is 0.0576 e. The largest absolute Gasteiger partial charge is 0.313 e. The van der Waals surface area contributed by atoms with E-state index in [1.54, 1.807) is 0 Å². The molecule has 0 heterocycles. The number of rotatable bonds is 5. The summed E-state index contributed by atoms with van der Waals surface area (Å²) < 4.78 is 12.7. The van der Waals surface area contributed by atoms with Crippen LogP contribution in [-0.2, 0) is 10.8 Å². The molecule has 1 aromatic carbocycles. The lowest BCUT2D eigenvalue weighted by atomic mass is 9.95. The van der Waals surface area contributed by atoms with E-state index < -0.39 is 10.8 Å². The van der Waals surface area contributed by atoms with E-state index in [2.05, 4.69) is 12.2 Å².